The van der Waals surface area contributed by atoms with E-state index in [1.54, 1.807) is 0 Å². The van der Waals surface area contributed by atoms with Crippen molar-refractivity contribution in [1.82, 2.24) is 5.32 Å². The molecule has 1 aliphatic rings. The molecule has 106 valence electrons. The quantitative estimate of drug-likeness (QED) is 0.742. The fourth-order valence-corrected chi connectivity index (χ4v) is 2.22. The van der Waals surface area contributed by atoms with Crippen molar-refractivity contribution in [2.45, 2.75) is 32.4 Å². The van der Waals surface area contributed by atoms with Crippen molar-refractivity contribution in [2.75, 3.05) is 31.7 Å². The van der Waals surface area contributed by atoms with Gasteiger partial charge in [0, 0.05) is 43.5 Å². The molecule has 0 bridgehead atoms. The van der Waals surface area contributed by atoms with Gasteiger partial charge in [-0.05, 0) is 37.5 Å². The lowest BCUT2D eigenvalue weighted by Gasteiger charge is -2.23. The number of nitrogens with one attached hydrogen (secondary N) is 1. The minimum Gasteiger partial charge on any atom is -0.380 e. The Labute approximate surface area is 120 Å². The molecule has 1 aromatic rings. The molecule has 0 heterocycles. The highest BCUT2D eigenvalue weighted by Crippen LogP contribution is 2.26. The average molecular weight is 283 g/mol. The van der Waals surface area contributed by atoms with Crippen molar-refractivity contribution >= 4 is 17.3 Å². The zero-order valence-corrected chi connectivity index (χ0v) is 12.5. The molecule has 1 N–H and O–H groups in total. The van der Waals surface area contributed by atoms with Gasteiger partial charge < -0.3 is 15.0 Å². The first-order valence-electron chi connectivity index (χ1n) is 7.01. The average Bonchev–Trinajstić information content (AvgIpc) is 3.21. The molecule has 1 aliphatic carbocycles. The molecular weight excluding hydrogens is 260 g/mol. The van der Waals surface area contributed by atoms with Crippen molar-refractivity contribution in [3.05, 3.63) is 28.8 Å². The normalized spacial score (nSPS) is 14.7. The molecule has 0 unspecified atom stereocenters. The third-order valence-corrected chi connectivity index (χ3v) is 3.63. The first kappa shape index (κ1) is 14.6. The molecule has 2 rings (SSSR count). The SMILES string of the molecule is CCOCCN(C)c1cc(Cl)ccc1CNC1CC1. The summed E-state index contributed by atoms with van der Waals surface area (Å²) in [6.45, 7) is 5.32. The number of rotatable bonds is 8. The monoisotopic (exact) mass is 282 g/mol. The lowest BCUT2D eigenvalue weighted by molar-refractivity contribution is 0.154. The number of hydrogen-bond acceptors (Lipinski definition) is 3. The van der Waals surface area contributed by atoms with Crippen LogP contribution in [-0.2, 0) is 11.3 Å². The van der Waals surface area contributed by atoms with Crippen LogP contribution in [-0.4, -0.2) is 32.8 Å². The zero-order valence-electron chi connectivity index (χ0n) is 11.8. The van der Waals surface area contributed by atoms with E-state index in [1.807, 2.05) is 19.1 Å². The number of hydrogen-bond donors (Lipinski definition) is 1. The molecule has 0 amide bonds. The smallest absolute Gasteiger partial charge is 0.0641 e. The summed E-state index contributed by atoms with van der Waals surface area (Å²) in [6.07, 6.45) is 2.62. The van der Waals surface area contributed by atoms with Crippen molar-refractivity contribution < 1.29 is 4.74 Å². The Morgan fingerprint density at radius 1 is 1.42 bits per heavy atom. The van der Waals surface area contributed by atoms with Crippen LogP contribution in [0.2, 0.25) is 5.02 Å². The van der Waals surface area contributed by atoms with E-state index in [4.69, 9.17) is 16.3 Å². The van der Waals surface area contributed by atoms with Gasteiger partial charge in [-0.15, -0.1) is 0 Å². The fraction of sp³-hybridized carbons (Fsp3) is 0.600. The van der Waals surface area contributed by atoms with Gasteiger partial charge in [-0.2, -0.15) is 0 Å². The second-order valence-electron chi connectivity index (χ2n) is 5.05. The molecule has 0 aliphatic heterocycles. The second-order valence-corrected chi connectivity index (χ2v) is 5.48. The molecule has 1 saturated carbocycles. The number of halogens is 1. The topological polar surface area (TPSA) is 24.5 Å². The van der Waals surface area contributed by atoms with Crippen LogP contribution in [0.3, 0.4) is 0 Å². The Morgan fingerprint density at radius 2 is 2.21 bits per heavy atom. The van der Waals surface area contributed by atoms with Gasteiger partial charge in [0.1, 0.15) is 0 Å². The molecular formula is C15H23ClN2O. The molecule has 0 aromatic heterocycles. The Hall–Kier alpha value is -0.770. The van der Waals surface area contributed by atoms with Gasteiger partial charge in [0.2, 0.25) is 0 Å². The van der Waals surface area contributed by atoms with Gasteiger partial charge in [-0.25, -0.2) is 0 Å². The Balaban J connectivity index is 1.99. The van der Waals surface area contributed by atoms with E-state index in [1.165, 1.54) is 24.1 Å². The van der Waals surface area contributed by atoms with Crippen molar-refractivity contribution in [3.63, 3.8) is 0 Å². The van der Waals surface area contributed by atoms with Gasteiger partial charge >= 0.3 is 0 Å². The number of likely N-dealkylation sites (N-methyl/N-ethyl adjacent to an activating group) is 1. The molecule has 3 nitrogen and oxygen atoms in total. The van der Waals surface area contributed by atoms with Crippen molar-refractivity contribution in [3.8, 4) is 0 Å². The summed E-state index contributed by atoms with van der Waals surface area (Å²) >= 11 is 6.12. The van der Waals surface area contributed by atoms with Gasteiger partial charge in [-0.3, -0.25) is 0 Å². The predicted molar refractivity (Wildman–Crippen MR) is 81.1 cm³/mol. The van der Waals surface area contributed by atoms with Crippen LogP contribution in [0.25, 0.3) is 0 Å². The fourth-order valence-electron chi connectivity index (χ4n) is 2.05. The lowest BCUT2D eigenvalue weighted by atomic mass is 10.1. The Bertz CT molecular complexity index is 407. The van der Waals surface area contributed by atoms with E-state index in [9.17, 15) is 0 Å². The number of benzene rings is 1. The maximum atomic E-state index is 6.12. The van der Waals surface area contributed by atoms with Crippen LogP contribution in [0.1, 0.15) is 25.3 Å². The maximum absolute atomic E-state index is 6.12. The highest BCUT2D eigenvalue weighted by atomic mass is 35.5. The third-order valence-electron chi connectivity index (χ3n) is 3.39. The predicted octanol–water partition coefficient (Wildman–Crippen LogP) is 3.06. The summed E-state index contributed by atoms with van der Waals surface area (Å²) in [7, 11) is 2.09. The van der Waals surface area contributed by atoms with E-state index >= 15 is 0 Å². The minimum absolute atomic E-state index is 0.720. The number of nitrogens with zero attached hydrogens (tertiary/aromatic N) is 1. The molecule has 1 fully saturated rings. The Morgan fingerprint density at radius 3 is 2.89 bits per heavy atom. The number of ether oxygens (including phenoxy) is 1. The van der Waals surface area contributed by atoms with Crippen LogP contribution >= 0.6 is 11.6 Å². The second kappa shape index (κ2) is 7.13. The van der Waals surface area contributed by atoms with Crippen LogP contribution in [0.4, 0.5) is 5.69 Å². The summed E-state index contributed by atoms with van der Waals surface area (Å²) in [5.74, 6) is 0. The van der Waals surface area contributed by atoms with Crippen LogP contribution in [0, 0.1) is 0 Å². The summed E-state index contributed by atoms with van der Waals surface area (Å²) in [5.41, 5.74) is 2.50. The molecule has 19 heavy (non-hydrogen) atoms. The summed E-state index contributed by atoms with van der Waals surface area (Å²) in [5, 5.41) is 4.34. The standard InChI is InChI=1S/C15H23ClN2O/c1-3-19-9-8-18(2)15-10-13(16)5-4-12(15)11-17-14-6-7-14/h4-5,10,14,17H,3,6-9,11H2,1-2H3. The highest BCUT2D eigenvalue weighted by molar-refractivity contribution is 6.30. The van der Waals surface area contributed by atoms with Crippen LogP contribution in [0.15, 0.2) is 18.2 Å². The van der Waals surface area contributed by atoms with E-state index in [0.29, 0.717) is 0 Å². The van der Waals surface area contributed by atoms with E-state index in [2.05, 4.69) is 23.3 Å². The first-order chi connectivity index (χ1) is 9.20. The van der Waals surface area contributed by atoms with Gasteiger partial charge in [0.25, 0.3) is 0 Å². The maximum Gasteiger partial charge on any atom is 0.0641 e. The molecule has 0 radical (unpaired) electrons. The van der Waals surface area contributed by atoms with Crippen LogP contribution in [0.5, 0.6) is 0 Å². The number of anilines is 1. The molecule has 0 atom stereocenters. The molecule has 0 saturated heterocycles. The highest BCUT2D eigenvalue weighted by Gasteiger charge is 2.20. The molecule has 4 heteroatoms. The zero-order chi connectivity index (χ0) is 13.7. The van der Waals surface area contributed by atoms with Crippen molar-refractivity contribution in [1.29, 1.82) is 0 Å². The first-order valence-corrected chi connectivity index (χ1v) is 7.39. The van der Waals surface area contributed by atoms with Crippen molar-refractivity contribution in [2.24, 2.45) is 0 Å². The van der Waals surface area contributed by atoms with E-state index in [-0.39, 0.29) is 0 Å². The molecule has 1 aromatic carbocycles. The van der Waals surface area contributed by atoms with Gasteiger partial charge in [0.15, 0.2) is 0 Å². The van der Waals surface area contributed by atoms with Crippen LogP contribution < -0.4 is 10.2 Å². The minimum atomic E-state index is 0.720. The van der Waals surface area contributed by atoms with E-state index in [0.717, 1.165) is 37.4 Å². The third kappa shape index (κ3) is 4.68. The van der Waals surface area contributed by atoms with E-state index < -0.39 is 0 Å². The summed E-state index contributed by atoms with van der Waals surface area (Å²) < 4.78 is 5.41. The van der Waals surface area contributed by atoms with Gasteiger partial charge in [0.05, 0.1) is 6.61 Å². The molecule has 0 spiro atoms. The largest absolute Gasteiger partial charge is 0.380 e. The Kier molecular flexibility index (Phi) is 5.49. The van der Waals surface area contributed by atoms with Gasteiger partial charge in [-0.1, -0.05) is 17.7 Å². The summed E-state index contributed by atoms with van der Waals surface area (Å²) in [6, 6.07) is 6.84. The summed E-state index contributed by atoms with van der Waals surface area (Å²) in [4.78, 5) is 2.21. The lowest BCUT2D eigenvalue weighted by Crippen LogP contribution is -2.25.